The van der Waals surface area contributed by atoms with E-state index < -0.39 is 0 Å². The van der Waals surface area contributed by atoms with Crippen LogP contribution in [0, 0.1) is 0 Å². The van der Waals surface area contributed by atoms with Crippen LogP contribution < -0.4 is 14.2 Å². The highest BCUT2D eigenvalue weighted by atomic mass is 35.5. The average Bonchev–Trinajstić information content (AvgIpc) is 3.22. The minimum absolute atomic E-state index is 0.209. The molecule has 0 saturated carbocycles. The molecule has 0 bridgehead atoms. The summed E-state index contributed by atoms with van der Waals surface area (Å²) in [6.07, 6.45) is 3.56. The molecule has 2 aromatic carbocycles. The highest BCUT2D eigenvalue weighted by molar-refractivity contribution is 6.30. The maximum Gasteiger partial charge on any atom is 0.306 e. The lowest BCUT2D eigenvalue weighted by Gasteiger charge is -2.26. The molecule has 8 heteroatoms. The van der Waals surface area contributed by atoms with Gasteiger partial charge in [-0.2, -0.15) is 0 Å². The SMILES string of the molecule is CCOC(=O)CC(c1ccc(OC[C@H]2COc3ccc(Cl)cc3O2)cc1)c1nccn1C. The fourth-order valence-corrected chi connectivity index (χ4v) is 3.78. The fraction of sp³-hybridized carbons (Fsp3) is 0.333. The van der Waals surface area contributed by atoms with Crippen molar-refractivity contribution in [2.75, 3.05) is 19.8 Å². The van der Waals surface area contributed by atoms with Crippen LogP contribution in [0.25, 0.3) is 0 Å². The Balaban J connectivity index is 1.41. The third-order valence-corrected chi connectivity index (χ3v) is 5.42. The molecular formula is C24H25ClN2O5. The van der Waals surface area contributed by atoms with E-state index in [2.05, 4.69) is 4.98 Å². The third kappa shape index (κ3) is 5.16. The minimum atomic E-state index is -0.254. The van der Waals surface area contributed by atoms with Gasteiger partial charge in [0.1, 0.15) is 24.8 Å². The number of halogens is 1. The zero-order valence-corrected chi connectivity index (χ0v) is 18.7. The second-order valence-electron chi connectivity index (χ2n) is 7.48. The summed E-state index contributed by atoms with van der Waals surface area (Å²) in [6, 6.07) is 12.9. The molecule has 0 saturated heterocycles. The van der Waals surface area contributed by atoms with Crippen LogP contribution in [0.5, 0.6) is 17.2 Å². The number of carbonyl (C=O) groups is 1. The van der Waals surface area contributed by atoms with Gasteiger partial charge in [-0.15, -0.1) is 0 Å². The molecule has 0 aliphatic carbocycles. The zero-order chi connectivity index (χ0) is 22.5. The van der Waals surface area contributed by atoms with Gasteiger partial charge in [0.05, 0.1) is 18.9 Å². The van der Waals surface area contributed by atoms with Gasteiger partial charge >= 0.3 is 5.97 Å². The number of carbonyl (C=O) groups excluding carboxylic acids is 1. The summed E-state index contributed by atoms with van der Waals surface area (Å²) in [5, 5.41) is 0.592. The molecule has 2 heterocycles. The molecule has 1 aromatic heterocycles. The molecule has 0 N–H and O–H groups in total. The van der Waals surface area contributed by atoms with Crippen LogP contribution in [0.2, 0.25) is 5.02 Å². The first-order valence-corrected chi connectivity index (χ1v) is 10.9. The number of ether oxygens (including phenoxy) is 4. The lowest BCUT2D eigenvalue weighted by Crippen LogP contribution is -2.34. The Morgan fingerprint density at radius 3 is 2.78 bits per heavy atom. The van der Waals surface area contributed by atoms with Crippen molar-refractivity contribution < 1.29 is 23.7 Å². The van der Waals surface area contributed by atoms with Crippen LogP contribution in [-0.2, 0) is 16.6 Å². The molecule has 1 aliphatic heterocycles. The Labute approximate surface area is 191 Å². The topological polar surface area (TPSA) is 71.8 Å². The van der Waals surface area contributed by atoms with Gasteiger partial charge in [0.2, 0.25) is 0 Å². The number of fused-ring (bicyclic) bond motifs is 1. The standard InChI is InChI=1S/C24H25ClN2O5/c1-3-29-23(28)13-20(24-26-10-11-27(24)2)16-4-7-18(8-5-16)30-14-19-15-31-21-9-6-17(25)12-22(21)32-19/h4-12,19-20H,3,13-15H2,1-2H3/t19-,20?/m0/s1. The van der Waals surface area contributed by atoms with Crippen molar-refractivity contribution in [3.05, 3.63) is 71.3 Å². The van der Waals surface area contributed by atoms with E-state index in [0.29, 0.717) is 42.1 Å². The normalized spacial score (nSPS) is 15.8. The molecule has 0 fully saturated rings. The quantitative estimate of drug-likeness (QED) is 0.468. The number of aromatic nitrogens is 2. The Hall–Kier alpha value is -3.19. The second-order valence-corrected chi connectivity index (χ2v) is 7.92. The number of hydrogen-bond donors (Lipinski definition) is 0. The zero-order valence-electron chi connectivity index (χ0n) is 18.0. The lowest BCUT2D eigenvalue weighted by atomic mass is 9.94. The van der Waals surface area contributed by atoms with Crippen molar-refractivity contribution in [1.82, 2.24) is 9.55 Å². The highest BCUT2D eigenvalue weighted by Crippen LogP contribution is 2.34. The Bertz CT molecular complexity index is 1070. The van der Waals surface area contributed by atoms with Crippen LogP contribution in [-0.4, -0.2) is 41.4 Å². The lowest BCUT2D eigenvalue weighted by molar-refractivity contribution is -0.143. The van der Waals surface area contributed by atoms with E-state index in [9.17, 15) is 4.79 Å². The van der Waals surface area contributed by atoms with Gasteiger partial charge in [-0.25, -0.2) is 4.98 Å². The van der Waals surface area contributed by atoms with E-state index in [4.69, 9.17) is 30.5 Å². The minimum Gasteiger partial charge on any atom is -0.490 e. The van der Waals surface area contributed by atoms with Crippen LogP contribution in [0.15, 0.2) is 54.9 Å². The summed E-state index contributed by atoms with van der Waals surface area (Å²) in [4.78, 5) is 16.6. The summed E-state index contributed by atoms with van der Waals surface area (Å²) >= 11 is 6.03. The van der Waals surface area contributed by atoms with E-state index in [1.807, 2.05) is 42.1 Å². The number of rotatable bonds is 8. The van der Waals surface area contributed by atoms with E-state index in [0.717, 1.165) is 11.4 Å². The molecule has 1 aliphatic rings. The van der Waals surface area contributed by atoms with Crippen molar-refractivity contribution in [2.24, 2.45) is 7.05 Å². The second kappa shape index (κ2) is 9.96. The maximum atomic E-state index is 12.2. The Kier molecular flexibility index (Phi) is 6.85. The molecule has 7 nitrogen and oxygen atoms in total. The van der Waals surface area contributed by atoms with Crippen LogP contribution in [0.3, 0.4) is 0 Å². The van der Waals surface area contributed by atoms with Crippen LogP contribution in [0.1, 0.15) is 30.7 Å². The van der Waals surface area contributed by atoms with Crippen LogP contribution >= 0.6 is 11.6 Å². The maximum absolute atomic E-state index is 12.2. The van der Waals surface area contributed by atoms with Gasteiger partial charge < -0.3 is 23.5 Å². The largest absolute Gasteiger partial charge is 0.490 e. The van der Waals surface area contributed by atoms with Gasteiger partial charge in [-0.3, -0.25) is 4.79 Å². The first-order chi connectivity index (χ1) is 15.5. The van der Waals surface area contributed by atoms with Crippen molar-refractivity contribution in [2.45, 2.75) is 25.4 Å². The van der Waals surface area contributed by atoms with Crippen LogP contribution in [0.4, 0.5) is 0 Å². The monoisotopic (exact) mass is 456 g/mol. The summed E-state index contributed by atoms with van der Waals surface area (Å²) in [7, 11) is 1.91. The fourth-order valence-electron chi connectivity index (χ4n) is 3.61. The molecule has 0 amide bonds. The number of esters is 1. The van der Waals surface area contributed by atoms with Crippen molar-refractivity contribution in [1.29, 1.82) is 0 Å². The molecular weight excluding hydrogens is 432 g/mol. The number of imidazole rings is 1. The molecule has 32 heavy (non-hydrogen) atoms. The predicted octanol–water partition coefficient (Wildman–Crippen LogP) is 4.38. The molecule has 2 atom stereocenters. The summed E-state index contributed by atoms with van der Waals surface area (Å²) in [6.45, 7) is 2.88. The molecule has 1 unspecified atom stereocenters. The number of benzene rings is 2. The van der Waals surface area contributed by atoms with Gasteiger partial charge in [-0.1, -0.05) is 23.7 Å². The average molecular weight is 457 g/mol. The first-order valence-electron chi connectivity index (χ1n) is 10.5. The molecule has 168 valence electrons. The van der Waals surface area contributed by atoms with E-state index in [1.54, 1.807) is 31.3 Å². The van der Waals surface area contributed by atoms with E-state index >= 15 is 0 Å². The van der Waals surface area contributed by atoms with Gasteiger partial charge in [0.25, 0.3) is 0 Å². The van der Waals surface area contributed by atoms with Crippen molar-refractivity contribution in [3.63, 3.8) is 0 Å². The van der Waals surface area contributed by atoms with Crippen molar-refractivity contribution >= 4 is 17.6 Å². The molecule has 4 rings (SSSR count). The molecule has 3 aromatic rings. The predicted molar refractivity (Wildman–Crippen MR) is 120 cm³/mol. The molecule has 0 spiro atoms. The smallest absolute Gasteiger partial charge is 0.306 e. The highest BCUT2D eigenvalue weighted by Gasteiger charge is 2.24. The summed E-state index contributed by atoms with van der Waals surface area (Å²) in [5.41, 5.74) is 0.959. The van der Waals surface area contributed by atoms with Crippen molar-refractivity contribution in [3.8, 4) is 17.2 Å². The number of aryl methyl sites for hydroxylation is 1. The Morgan fingerprint density at radius 2 is 2.06 bits per heavy atom. The Morgan fingerprint density at radius 1 is 1.25 bits per heavy atom. The van der Waals surface area contributed by atoms with Gasteiger partial charge in [-0.05, 0) is 36.8 Å². The summed E-state index contributed by atoms with van der Waals surface area (Å²) < 4.78 is 24.6. The van der Waals surface area contributed by atoms with E-state index in [1.165, 1.54) is 0 Å². The molecule has 0 radical (unpaired) electrons. The number of hydrogen-bond acceptors (Lipinski definition) is 6. The van der Waals surface area contributed by atoms with Gasteiger partial charge in [0.15, 0.2) is 17.6 Å². The third-order valence-electron chi connectivity index (χ3n) is 5.19. The first kappa shape index (κ1) is 22.0. The van der Waals surface area contributed by atoms with E-state index in [-0.39, 0.29) is 24.4 Å². The summed E-state index contributed by atoms with van der Waals surface area (Å²) in [5.74, 6) is 2.33. The number of nitrogens with zero attached hydrogens (tertiary/aromatic N) is 2. The van der Waals surface area contributed by atoms with Gasteiger partial charge in [0, 0.05) is 30.5 Å².